The third-order valence-corrected chi connectivity index (χ3v) is 7.63. The van der Waals surface area contributed by atoms with Crippen molar-refractivity contribution < 1.29 is 23.9 Å². The molecule has 1 aliphatic carbocycles. The zero-order valence-corrected chi connectivity index (χ0v) is 20.0. The van der Waals surface area contributed by atoms with E-state index >= 15 is 0 Å². The molecule has 1 saturated carbocycles. The number of carbonyl (C=O) groups is 3. The first kappa shape index (κ1) is 22.9. The number of hydrogen-bond donors (Lipinski definition) is 1. The number of aromatic nitrogens is 2. The van der Waals surface area contributed by atoms with Crippen LogP contribution in [-0.4, -0.2) is 75.1 Å². The van der Waals surface area contributed by atoms with Crippen molar-refractivity contribution in [3.63, 3.8) is 0 Å². The number of nitrogens with zero attached hydrogens (tertiary/aromatic N) is 4. The number of benzene rings is 1. The Morgan fingerprint density at radius 3 is 2.67 bits per heavy atom. The highest BCUT2D eigenvalue weighted by Gasteiger charge is 2.41. The van der Waals surface area contributed by atoms with E-state index < -0.39 is 11.9 Å². The molecule has 1 N–H and O–H groups in total. The van der Waals surface area contributed by atoms with Gasteiger partial charge in [0.25, 0.3) is 5.91 Å². The first-order valence-corrected chi connectivity index (χ1v) is 12.7. The Labute approximate surface area is 208 Å². The van der Waals surface area contributed by atoms with Crippen molar-refractivity contribution in [1.82, 2.24) is 25.3 Å². The van der Waals surface area contributed by atoms with E-state index in [9.17, 15) is 14.4 Å². The van der Waals surface area contributed by atoms with E-state index in [1.165, 1.54) is 6.42 Å². The molecule has 36 heavy (non-hydrogen) atoms. The van der Waals surface area contributed by atoms with E-state index in [-0.39, 0.29) is 30.4 Å². The van der Waals surface area contributed by atoms with Crippen LogP contribution < -0.4 is 14.8 Å². The van der Waals surface area contributed by atoms with Crippen molar-refractivity contribution >= 4 is 17.7 Å². The van der Waals surface area contributed by atoms with Gasteiger partial charge in [0.2, 0.25) is 17.7 Å². The van der Waals surface area contributed by atoms with Gasteiger partial charge in [0.15, 0.2) is 0 Å². The number of ether oxygens (including phenoxy) is 2. The van der Waals surface area contributed by atoms with E-state index in [0.717, 1.165) is 43.7 Å². The Morgan fingerprint density at radius 2 is 1.86 bits per heavy atom. The Bertz CT molecular complexity index is 1170. The molecule has 3 aliphatic heterocycles. The van der Waals surface area contributed by atoms with Crippen LogP contribution in [0.1, 0.15) is 54.4 Å². The van der Waals surface area contributed by atoms with Gasteiger partial charge in [0, 0.05) is 49.9 Å². The molecule has 3 unspecified atom stereocenters. The lowest BCUT2D eigenvalue weighted by Crippen LogP contribution is -2.62. The summed E-state index contributed by atoms with van der Waals surface area (Å²) in [6.45, 7) is 2.01. The van der Waals surface area contributed by atoms with E-state index in [1.807, 2.05) is 24.3 Å². The maximum absolute atomic E-state index is 13.0. The molecule has 1 aromatic heterocycles. The molecule has 10 heteroatoms. The lowest BCUT2D eigenvalue weighted by Gasteiger charge is -2.47. The molecule has 10 nitrogen and oxygen atoms in total. The van der Waals surface area contributed by atoms with E-state index in [1.54, 1.807) is 17.2 Å². The molecule has 3 amide bonds. The zero-order chi connectivity index (χ0) is 24.6. The number of imide groups is 1. The lowest BCUT2D eigenvalue weighted by atomic mass is 9.89. The molecular formula is C26H29N5O5. The van der Waals surface area contributed by atoms with E-state index in [4.69, 9.17) is 9.47 Å². The van der Waals surface area contributed by atoms with Gasteiger partial charge >= 0.3 is 0 Å². The van der Waals surface area contributed by atoms with E-state index in [0.29, 0.717) is 30.5 Å². The minimum Gasteiger partial charge on any atom is -0.489 e. The largest absolute Gasteiger partial charge is 0.489 e. The smallest absolute Gasteiger partial charge is 0.255 e. The second-order valence-corrected chi connectivity index (χ2v) is 9.98. The summed E-state index contributed by atoms with van der Waals surface area (Å²) in [6, 6.07) is 8.92. The van der Waals surface area contributed by atoms with Crippen LogP contribution in [-0.2, 0) is 16.1 Å². The van der Waals surface area contributed by atoms with E-state index in [2.05, 4.69) is 20.4 Å². The third-order valence-electron chi connectivity index (χ3n) is 7.63. The minimum absolute atomic E-state index is 0.0672. The molecule has 3 fully saturated rings. The van der Waals surface area contributed by atoms with Crippen molar-refractivity contribution in [2.24, 2.45) is 0 Å². The number of likely N-dealkylation sites (tertiary alicyclic amines) is 1. The summed E-state index contributed by atoms with van der Waals surface area (Å²) in [4.78, 5) is 40.8. The standard InChI is InChI=1S/C26H29N5O5/c32-23-10-9-21(25(33)28-23)31-13-16-12-17(7-8-19(16)26(31)34)35-22-5-2-1-4-20(22)30-14-18(15-30)36-24-6-3-11-27-29-24/h3,6-8,11-12,18,20-22H,1-2,4-5,9-10,13-15H2,(H,28,32,33). The number of rotatable bonds is 6. The Morgan fingerprint density at radius 1 is 1.00 bits per heavy atom. The molecule has 0 radical (unpaired) electrons. The second-order valence-electron chi connectivity index (χ2n) is 9.98. The topological polar surface area (TPSA) is 114 Å². The average Bonchev–Trinajstić information content (AvgIpc) is 3.18. The van der Waals surface area contributed by atoms with Gasteiger partial charge in [-0.25, -0.2) is 0 Å². The Balaban J connectivity index is 1.09. The molecular weight excluding hydrogens is 462 g/mol. The summed E-state index contributed by atoms with van der Waals surface area (Å²) in [7, 11) is 0. The predicted molar refractivity (Wildman–Crippen MR) is 127 cm³/mol. The molecule has 2 aromatic rings. The second kappa shape index (κ2) is 9.50. The summed E-state index contributed by atoms with van der Waals surface area (Å²) < 4.78 is 12.4. The SMILES string of the molecule is O=C1CCC(N2Cc3cc(OC4CCCCC4N4CC(Oc5cccnn5)C4)ccc3C2=O)C(=O)N1. The minimum atomic E-state index is -0.613. The molecule has 6 rings (SSSR count). The highest BCUT2D eigenvalue weighted by Crippen LogP contribution is 2.34. The van der Waals surface area contributed by atoms with Gasteiger partial charge in [0.05, 0.1) is 0 Å². The number of piperidine rings is 1. The van der Waals surface area contributed by atoms with Gasteiger partial charge in [-0.15, -0.1) is 5.10 Å². The van der Waals surface area contributed by atoms with Crippen LogP contribution in [0.3, 0.4) is 0 Å². The molecule has 0 bridgehead atoms. The summed E-state index contributed by atoms with van der Waals surface area (Å²) >= 11 is 0. The summed E-state index contributed by atoms with van der Waals surface area (Å²) in [6.07, 6.45) is 6.77. The van der Waals surface area contributed by atoms with Crippen molar-refractivity contribution in [3.05, 3.63) is 47.7 Å². The highest BCUT2D eigenvalue weighted by atomic mass is 16.5. The quantitative estimate of drug-likeness (QED) is 0.608. The van der Waals surface area contributed by atoms with Gasteiger partial charge in [-0.05, 0) is 55.5 Å². The monoisotopic (exact) mass is 491 g/mol. The number of carbonyl (C=O) groups excluding carboxylic acids is 3. The highest BCUT2D eigenvalue weighted by molar-refractivity contribution is 6.05. The summed E-state index contributed by atoms with van der Waals surface area (Å²) in [5, 5.41) is 10.2. The van der Waals surface area contributed by atoms with Gasteiger partial charge < -0.3 is 14.4 Å². The van der Waals surface area contributed by atoms with Crippen LogP contribution in [0.5, 0.6) is 11.6 Å². The summed E-state index contributed by atoms with van der Waals surface area (Å²) in [5.74, 6) is 0.447. The number of fused-ring (bicyclic) bond motifs is 1. The fourth-order valence-electron chi connectivity index (χ4n) is 5.77. The molecule has 3 atom stereocenters. The fourth-order valence-corrected chi connectivity index (χ4v) is 5.77. The lowest BCUT2D eigenvalue weighted by molar-refractivity contribution is -0.136. The van der Waals surface area contributed by atoms with Crippen LogP contribution in [0.2, 0.25) is 0 Å². The average molecular weight is 492 g/mol. The fraction of sp³-hybridized carbons (Fsp3) is 0.500. The van der Waals surface area contributed by atoms with Gasteiger partial charge in [-0.3, -0.25) is 24.6 Å². The Hall–Kier alpha value is -3.53. The maximum Gasteiger partial charge on any atom is 0.255 e. The van der Waals surface area contributed by atoms with Crippen molar-refractivity contribution in [3.8, 4) is 11.6 Å². The summed E-state index contributed by atoms with van der Waals surface area (Å²) in [5.41, 5.74) is 1.45. The molecule has 1 aromatic carbocycles. The van der Waals surface area contributed by atoms with Gasteiger partial charge in [-0.2, -0.15) is 5.10 Å². The maximum atomic E-state index is 13.0. The molecule has 0 spiro atoms. The van der Waals surface area contributed by atoms with Crippen molar-refractivity contribution in [2.45, 2.75) is 69.4 Å². The molecule has 188 valence electrons. The molecule has 4 aliphatic rings. The normalized spacial score (nSPS) is 26.8. The first-order chi connectivity index (χ1) is 17.5. The third kappa shape index (κ3) is 4.41. The van der Waals surface area contributed by atoms with Gasteiger partial charge in [0.1, 0.15) is 24.0 Å². The van der Waals surface area contributed by atoms with Crippen molar-refractivity contribution in [2.75, 3.05) is 13.1 Å². The Kier molecular flexibility index (Phi) is 6.04. The van der Waals surface area contributed by atoms with Gasteiger partial charge in [-0.1, -0.05) is 6.42 Å². The molecule has 4 heterocycles. The van der Waals surface area contributed by atoms with Crippen LogP contribution in [0.25, 0.3) is 0 Å². The van der Waals surface area contributed by atoms with Crippen molar-refractivity contribution in [1.29, 1.82) is 0 Å². The number of nitrogens with one attached hydrogen (secondary N) is 1. The first-order valence-electron chi connectivity index (χ1n) is 12.7. The van der Waals surface area contributed by atoms with Crippen LogP contribution in [0.15, 0.2) is 36.5 Å². The number of amides is 3. The van der Waals surface area contributed by atoms with Crippen LogP contribution in [0, 0.1) is 0 Å². The van der Waals surface area contributed by atoms with Crippen LogP contribution in [0.4, 0.5) is 0 Å². The van der Waals surface area contributed by atoms with Crippen LogP contribution >= 0.6 is 0 Å². The predicted octanol–water partition coefficient (Wildman–Crippen LogP) is 1.69. The zero-order valence-electron chi connectivity index (χ0n) is 20.0. The number of hydrogen-bond acceptors (Lipinski definition) is 8. The molecule has 2 saturated heterocycles.